The van der Waals surface area contributed by atoms with Crippen LogP contribution in [0.4, 0.5) is 5.13 Å². The molecule has 0 radical (unpaired) electrons. The molecule has 0 spiro atoms. The zero-order valence-electron chi connectivity index (χ0n) is 16.1. The number of nitrogens with one attached hydrogen (secondary N) is 1. The van der Waals surface area contributed by atoms with Crippen molar-refractivity contribution in [3.8, 4) is 0 Å². The van der Waals surface area contributed by atoms with Gasteiger partial charge < -0.3 is 0 Å². The number of nitrogens with zero attached hydrogens (tertiary/aromatic N) is 4. The van der Waals surface area contributed by atoms with Crippen LogP contribution >= 0.6 is 46.5 Å². The lowest BCUT2D eigenvalue weighted by molar-refractivity contribution is 0.102. The second-order valence-electron chi connectivity index (χ2n) is 6.22. The molecule has 0 aliphatic heterocycles. The van der Waals surface area contributed by atoms with Crippen LogP contribution in [0.2, 0.25) is 5.02 Å². The minimum atomic E-state index is -0.440. The van der Waals surface area contributed by atoms with Gasteiger partial charge in [0.15, 0.2) is 15.2 Å². The number of hydrogen-bond donors (Lipinski definition) is 1. The number of rotatable bonds is 8. The van der Waals surface area contributed by atoms with Crippen LogP contribution in [0.15, 0.2) is 76.4 Å². The van der Waals surface area contributed by atoms with E-state index in [1.807, 2.05) is 48.5 Å². The van der Waals surface area contributed by atoms with Gasteiger partial charge in [0.05, 0.1) is 11.2 Å². The van der Waals surface area contributed by atoms with Gasteiger partial charge in [-0.3, -0.25) is 10.1 Å². The fourth-order valence-electron chi connectivity index (χ4n) is 2.50. The van der Waals surface area contributed by atoms with Crippen molar-refractivity contribution in [2.75, 3.05) is 5.32 Å². The lowest BCUT2D eigenvalue weighted by Gasteiger charge is -2.05. The summed E-state index contributed by atoms with van der Waals surface area (Å²) in [5.41, 5.74) is 2.45. The van der Waals surface area contributed by atoms with Gasteiger partial charge in [-0.2, -0.15) is 0 Å². The van der Waals surface area contributed by atoms with Crippen LogP contribution in [-0.4, -0.2) is 26.1 Å². The Morgan fingerprint density at radius 2 is 1.58 bits per heavy atom. The van der Waals surface area contributed by atoms with Gasteiger partial charge in [0, 0.05) is 11.5 Å². The standard InChI is InChI=1S/C21H16ClN5OS3/c22-16-11-23-19(29-12-14-7-3-1-4-8-14)24-17(16)18(28)25-20-26-27-21(31-20)30-13-15-9-5-2-6-10-15/h1-11H,12-13H2,(H,25,26,28). The van der Waals surface area contributed by atoms with Crippen molar-refractivity contribution in [2.45, 2.75) is 21.0 Å². The average molecular weight is 486 g/mol. The summed E-state index contributed by atoms with van der Waals surface area (Å²) in [6, 6.07) is 20.1. The zero-order chi connectivity index (χ0) is 21.5. The second-order valence-corrected chi connectivity index (χ2v) is 9.77. The summed E-state index contributed by atoms with van der Waals surface area (Å²) in [5, 5.41) is 12.0. The van der Waals surface area contributed by atoms with Gasteiger partial charge in [0.1, 0.15) is 0 Å². The maximum absolute atomic E-state index is 12.7. The molecule has 0 saturated carbocycles. The van der Waals surface area contributed by atoms with Gasteiger partial charge in [-0.25, -0.2) is 9.97 Å². The maximum atomic E-state index is 12.7. The van der Waals surface area contributed by atoms with Crippen molar-refractivity contribution < 1.29 is 4.79 Å². The summed E-state index contributed by atoms with van der Waals surface area (Å²) in [5.74, 6) is 1.04. The van der Waals surface area contributed by atoms with Crippen LogP contribution in [-0.2, 0) is 11.5 Å². The molecular formula is C21H16ClN5OS3. The molecule has 2 aromatic heterocycles. The number of amides is 1. The molecule has 0 atom stereocenters. The molecule has 0 saturated heterocycles. The average Bonchev–Trinajstić information content (AvgIpc) is 3.25. The molecule has 0 aliphatic carbocycles. The number of halogens is 1. The lowest BCUT2D eigenvalue weighted by Crippen LogP contribution is -2.15. The molecule has 1 amide bonds. The van der Waals surface area contributed by atoms with E-state index in [0.717, 1.165) is 15.7 Å². The van der Waals surface area contributed by atoms with E-state index in [1.54, 1.807) is 11.8 Å². The van der Waals surface area contributed by atoms with Gasteiger partial charge in [-0.05, 0) is 11.1 Å². The van der Waals surface area contributed by atoms with Crippen molar-refractivity contribution in [3.63, 3.8) is 0 Å². The maximum Gasteiger partial charge on any atom is 0.277 e. The van der Waals surface area contributed by atoms with Gasteiger partial charge in [-0.1, -0.05) is 107 Å². The molecule has 1 N–H and O–H groups in total. The largest absolute Gasteiger partial charge is 0.295 e. The van der Waals surface area contributed by atoms with E-state index < -0.39 is 5.91 Å². The Hall–Kier alpha value is -2.46. The fraction of sp³-hybridized carbons (Fsp3) is 0.0952. The number of anilines is 1. The molecule has 31 heavy (non-hydrogen) atoms. The summed E-state index contributed by atoms with van der Waals surface area (Å²) in [4.78, 5) is 21.2. The van der Waals surface area contributed by atoms with E-state index in [9.17, 15) is 4.79 Å². The van der Waals surface area contributed by atoms with Crippen molar-refractivity contribution in [1.82, 2.24) is 20.2 Å². The molecule has 2 heterocycles. The Morgan fingerprint density at radius 3 is 2.26 bits per heavy atom. The fourth-order valence-corrected chi connectivity index (χ4v) is 5.15. The lowest BCUT2D eigenvalue weighted by atomic mass is 10.2. The number of carbonyl (C=O) groups is 1. The summed E-state index contributed by atoms with van der Waals surface area (Å²) < 4.78 is 0.770. The topological polar surface area (TPSA) is 80.7 Å². The normalized spacial score (nSPS) is 10.7. The predicted octanol–water partition coefficient (Wildman–Crippen LogP) is 5.82. The number of thioether (sulfide) groups is 2. The van der Waals surface area contributed by atoms with Crippen LogP contribution < -0.4 is 5.32 Å². The molecule has 4 rings (SSSR count). The third-order valence-corrected chi connectivity index (χ3v) is 7.23. The third kappa shape index (κ3) is 6.27. The van der Waals surface area contributed by atoms with E-state index >= 15 is 0 Å². The number of benzene rings is 2. The minimum absolute atomic E-state index is 0.112. The van der Waals surface area contributed by atoms with Gasteiger partial charge in [0.25, 0.3) is 5.91 Å². The molecule has 6 nitrogen and oxygen atoms in total. The van der Waals surface area contributed by atoms with E-state index in [2.05, 4.69) is 37.6 Å². The van der Waals surface area contributed by atoms with Crippen LogP contribution in [0.5, 0.6) is 0 Å². The van der Waals surface area contributed by atoms with Crippen molar-refractivity contribution in [2.24, 2.45) is 0 Å². The summed E-state index contributed by atoms with van der Waals surface area (Å²) in [6.45, 7) is 0. The summed E-state index contributed by atoms with van der Waals surface area (Å²) in [6.07, 6.45) is 1.44. The summed E-state index contributed by atoms with van der Waals surface area (Å²) in [7, 11) is 0. The van der Waals surface area contributed by atoms with Crippen molar-refractivity contribution >= 4 is 57.5 Å². The molecule has 0 fully saturated rings. The predicted molar refractivity (Wildman–Crippen MR) is 127 cm³/mol. The van der Waals surface area contributed by atoms with Crippen LogP contribution in [0.1, 0.15) is 21.6 Å². The highest BCUT2D eigenvalue weighted by atomic mass is 35.5. The summed E-state index contributed by atoms with van der Waals surface area (Å²) >= 11 is 10.5. The number of carbonyl (C=O) groups excluding carboxylic acids is 1. The molecule has 0 unspecified atom stereocenters. The molecular weight excluding hydrogens is 470 g/mol. The highest BCUT2D eigenvalue weighted by Crippen LogP contribution is 2.29. The van der Waals surface area contributed by atoms with Crippen LogP contribution in [0.3, 0.4) is 0 Å². The van der Waals surface area contributed by atoms with Crippen LogP contribution in [0.25, 0.3) is 0 Å². The highest BCUT2D eigenvalue weighted by molar-refractivity contribution is 8.00. The quantitative estimate of drug-likeness (QED) is 0.191. The molecule has 2 aromatic carbocycles. The Kier molecular flexibility index (Phi) is 7.52. The van der Waals surface area contributed by atoms with Crippen molar-refractivity contribution in [1.29, 1.82) is 0 Å². The smallest absolute Gasteiger partial charge is 0.277 e. The number of aromatic nitrogens is 4. The molecule has 0 aliphatic rings. The van der Waals surface area contributed by atoms with Gasteiger partial charge in [-0.15, -0.1) is 10.2 Å². The third-order valence-electron chi connectivity index (χ3n) is 3.98. The first kappa shape index (κ1) is 21.8. The van der Waals surface area contributed by atoms with E-state index in [1.165, 1.54) is 34.9 Å². The second kappa shape index (κ2) is 10.7. The Morgan fingerprint density at radius 1 is 0.935 bits per heavy atom. The van der Waals surface area contributed by atoms with Gasteiger partial charge >= 0.3 is 0 Å². The highest BCUT2D eigenvalue weighted by Gasteiger charge is 2.17. The first-order valence-electron chi connectivity index (χ1n) is 9.18. The Balaban J connectivity index is 1.37. The first-order chi connectivity index (χ1) is 15.2. The minimum Gasteiger partial charge on any atom is -0.295 e. The molecule has 10 heteroatoms. The molecule has 0 bridgehead atoms. The van der Waals surface area contributed by atoms with E-state index in [0.29, 0.717) is 16.0 Å². The zero-order valence-corrected chi connectivity index (χ0v) is 19.3. The van der Waals surface area contributed by atoms with E-state index in [4.69, 9.17) is 11.6 Å². The van der Waals surface area contributed by atoms with E-state index in [-0.39, 0.29) is 10.7 Å². The SMILES string of the molecule is O=C(Nc1nnc(SCc2ccccc2)s1)c1nc(SCc2ccccc2)ncc1Cl. The van der Waals surface area contributed by atoms with Crippen LogP contribution in [0, 0.1) is 0 Å². The van der Waals surface area contributed by atoms with Gasteiger partial charge in [0.2, 0.25) is 5.13 Å². The Bertz CT molecular complexity index is 1160. The molecule has 156 valence electrons. The first-order valence-corrected chi connectivity index (χ1v) is 12.3. The van der Waals surface area contributed by atoms with Crippen molar-refractivity contribution in [3.05, 3.63) is 88.7 Å². The Labute approximate surface area is 196 Å². The monoisotopic (exact) mass is 485 g/mol. The molecule has 4 aromatic rings. The number of hydrogen-bond acceptors (Lipinski definition) is 8.